The maximum absolute atomic E-state index is 5.78. The van der Waals surface area contributed by atoms with E-state index in [0.717, 1.165) is 17.3 Å². The Labute approximate surface area is 84.3 Å². The van der Waals surface area contributed by atoms with Gasteiger partial charge in [0.2, 0.25) is 0 Å². The van der Waals surface area contributed by atoms with E-state index in [1.807, 2.05) is 24.3 Å². The van der Waals surface area contributed by atoms with Gasteiger partial charge in [0.25, 0.3) is 0 Å². The molecule has 1 rings (SSSR count). The van der Waals surface area contributed by atoms with Crippen molar-refractivity contribution in [2.24, 2.45) is 0 Å². The third kappa shape index (κ3) is 2.68. The van der Waals surface area contributed by atoms with E-state index < -0.39 is 0 Å². The Bertz CT molecular complexity index is 297. The first-order valence-corrected chi connectivity index (χ1v) is 4.59. The summed E-state index contributed by atoms with van der Waals surface area (Å²) in [7, 11) is 0. The summed E-state index contributed by atoms with van der Waals surface area (Å²) >= 11 is 5.78. The van der Waals surface area contributed by atoms with Crippen LogP contribution in [0.25, 0.3) is 0 Å². The maximum atomic E-state index is 5.78. The van der Waals surface area contributed by atoms with Crippen LogP contribution in [0.1, 0.15) is 6.92 Å². The van der Waals surface area contributed by atoms with Gasteiger partial charge in [0.1, 0.15) is 0 Å². The van der Waals surface area contributed by atoms with E-state index in [2.05, 4.69) is 17.7 Å². The van der Waals surface area contributed by atoms with Crippen molar-refractivity contribution in [1.29, 1.82) is 0 Å². The van der Waals surface area contributed by atoms with Crippen molar-refractivity contribution in [2.75, 3.05) is 18.0 Å². The number of terminal acetylenes is 1. The van der Waals surface area contributed by atoms with Crippen molar-refractivity contribution in [2.45, 2.75) is 6.92 Å². The van der Waals surface area contributed by atoms with Crippen LogP contribution in [-0.2, 0) is 0 Å². The topological polar surface area (TPSA) is 3.24 Å². The average Bonchev–Trinajstić information content (AvgIpc) is 2.16. The normalized spacial score (nSPS) is 9.31. The maximum Gasteiger partial charge on any atom is 0.0791 e. The highest BCUT2D eigenvalue weighted by atomic mass is 35.5. The average molecular weight is 194 g/mol. The summed E-state index contributed by atoms with van der Waals surface area (Å²) in [4.78, 5) is 2.11. The fourth-order valence-electron chi connectivity index (χ4n) is 1.15. The highest BCUT2D eigenvalue weighted by Gasteiger charge is 2.00. The summed E-state index contributed by atoms with van der Waals surface area (Å²) < 4.78 is 0. The first-order chi connectivity index (χ1) is 6.27. The van der Waals surface area contributed by atoms with E-state index in [-0.39, 0.29) is 0 Å². The van der Waals surface area contributed by atoms with Crippen LogP contribution in [0.3, 0.4) is 0 Å². The van der Waals surface area contributed by atoms with Crippen molar-refractivity contribution in [3.63, 3.8) is 0 Å². The predicted molar refractivity (Wildman–Crippen MR) is 58.2 cm³/mol. The SMILES string of the molecule is C#CCN(CC)c1ccc(Cl)cc1. The van der Waals surface area contributed by atoms with E-state index >= 15 is 0 Å². The van der Waals surface area contributed by atoms with Gasteiger partial charge in [0.15, 0.2) is 0 Å². The molecule has 0 radical (unpaired) electrons. The molecular formula is C11H12ClN. The quantitative estimate of drug-likeness (QED) is 0.668. The molecule has 0 unspecified atom stereocenters. The van der Waals surface area contributed by atoms with Crippen molar-refractivity contribution >= 4 is 17.3 Å². The summed E-state index contributed by atoms with van der Waals surface area (Å²) in [5.41, 5.74) is 1.12. The lowest BCUT2D eigenvalue weighted by molar-refractivity contribution is 0.918. The molecule has 0 aromatic heterocycles. The standard InChI is InChI=1S/C11H12ClN/c1-3-9-13(4-2)11-7-5-10(12)6-8-11/h1,5-8H,4,9H2,2H3. The van der Waals surface area contributed by atoms with Gasteiger partial charge in [-0.1, -0.05) is 17.5 Å². The van der Waals surface area contributed by atoms with Crippen LogP contribution in [0.2, 0.25) is 5.02 Å². The summed E-state index contributed by atoms with van der Waals surface area (Å²) in [5.74, 6) is 2.62. The van der Waals surface area contributed by atoms with Crippen LogP contribution in [0.5, 0.6) is 0 Å². The minimum Gasteiger partial charge on any atom is -0.361 e. The first-order valence-electron chi connectivity index (χ1n) is 4.22. The second-order valence-electron chi connectivity index (χ2n) is 2.69. The van der Waals surface area contributed by atoms with Crippen LogP contribution in [0.4, 0.5) is 5.69 Å². The van der Waals surface area contributed by atoms with Crippen LogP contribution >= 0.6 is 11.6 Å². The van der Waals surface area contributed by atoms with Gasteiger partial charge >= 0.3 is 0 Å². The summed E-state index contributed by atoms with van der Waals surface area (Å²) in [6.45, 7) is 3.62. The number of nitrogens with zero attached hydrogens (tertiary/aromatic N) is 1. The summed E-state index contributed by atoms with van der Waals surface area (Å²) in [5, 5.41) is 0.750. The zero-order valence-corrected chi connectivity index (χ0v) is 8.38. The zero-order valence-electron chi connectivity index (χ0n) is 7.63. The van der Waals surface area contributed by atoms with E-state index in [0.29, 0.717) is 6.54 Å². The highest BCUT2D eigenvalue weighted by molar-refractivity contribution is 6.30. The number of halogens is 1. The number of hydrogen-bond acceptors (Lipinski definition) is 1. The monoisotopic (exact) mass is 193 g/mol. The molecule has 0 aliphatic rings. The Morgan fingerprint density at radius 3 is 2.46 bits per heavy atom. The molecule has 0 fully saturated rings. The van der Waals surface area contributed by atoms with Gasteiger partial charge in [-0.3, -0.25) is 0 Å². The van der Waals surface area contributed by atoms with Gasteiger partial charge in [-0.05, 0) is 31.2 Å². The van der Waals surface area contributed by atoms with Gasteiger partial charge in [0, 0.05) is 17.3 Å². The third-order valence-corrected chi connectivity index (χ3v) is 2.11. The molecule has 68 valence electrons. The number of hydrogen-bond donors (Lipinski definition) is 0. The molecule has 1 nitrogen and oxygen atoms in total. The third-order valence-electron chi connectivity index (χ3n) is 1.86. The van der Waals surface area contributed by atoms with E-state index in [9.17, 15) is 0 Å². The Hall–Kier alpha value is -1.13. The van der Waals surface area contributed by atoms with E-state index in [1.165, 1.54) is 0 Å². The number of rotatable bonds is 3. The Morgan fingerprint density at radius 2 is 2.00 bits per heavy atom. The highest BCUT2D eigenvalue weighted by Crippen LogP contribution is 2.17. The van der Waals surface area contributed by atoms with E-state index in [1.54, 1.807) is 0 Å². The van der Waals surface area contributed by atoms with Crippen molar-refractivity contribution in [3.05, 3.63) is 29.3 Å². The minimum atomic E-state index is 0.637. The molecule has 0 aliphatic carbocycles. The minimum absolute atomic E-state index is 0.637. The van der Waals surface area contributed by atoms with Crippen LogP contribution in [0, 0.1) is 12.3 Å². The fraction of sp³-hybridized carbons (Fsp3) is 0.273. The number of benzene rings is 1. The van der Waals surface area contributed by atoms with Crippen molar-refractivity contribution in [3.8, 4) is 12.3 Å². The lowest BCUT2D eigenvalue weighted by Gasteiger charge is -2.19. The summed E-state index contributed by atoms with van der Waals surface area (Å²) in [6.07, 6.45) is 5.25. The lowest BCUT2D eigenvalue weighted by Crippen LogP contribution is -2.22. The molecule has 0 N–H and O–H groups in total. The molecule has 13 heavy (non-hydrogen) atoms. The van der Waals surface area contributed by atoms with Gasteiger partial charge in [-0.15, -0.1) is 6.42 Å². The van der Waals surface area contributed by atoms with Gasteiger partial charge in [-0.2, -0.15) is 0 Å². The van der Waals surface area contributed by atoms with Crippen LogP contribution < -0.4 is 4.90 Å². The molecule has 0 heterocycles. The molecule has 0 amide bonds. The Morgan fingerprint density at radius 1 is 1.38 bits per heavy atom. The van der Waals surface area contributed by atoms with Crippen LogP contribution in [0.15, 0.2) is 24.3 Å². The second-order valence-corrected chi connectivity index (χ2v) is 3.13. The molecule has 0 bridgehead atoms. The van der Waals surface area contributed by atoms with Crippen molar-refractivity contribution in [1.82, 2.24) is 0 Å². The Balaban J connectivity index is 2.80. The molecule has 1 aromatic carbocycles. The molecule has 0 spiro atoms. The Kier molecular flexibility index (Phi) is 3.67. The zero-order chi connectivity index (χ0) is 9.68. The van der Waals surface area contributed by atoms with Crippen molar-refractivity contribution < 1.29 is 0 Å². The van der Waals surface area contributed by atoms with Gasteiger partial charge in [0.05, 0.1) is 6.54 Å². The molecule has 2 heteroatoms. The molecule has 0 atom stereocenters. The fourth-order valence-corrected chi connectivity index (χ4v) is 1.27. The van der Waals surface area contributed by atoms with E-state index in [4.69, 9.17) is 18.0 Å². The largest absolute Gasteiger partial charge is 0.361 e. The molecule has 1 aromatic rings. The second kappa shape index (κ2) is 4.79. The summed E-state index contributed by atoms with van der Waals surface area (Å²) in [6, 6.07) is 7.69. The molecule has 0 saturated heterocycles. The predicted octanol–water partition coefficient (Wildman–Crippen LogP) is 2.80. The number of anilines is 1. The molecule has 0 saturated carbocycles. The lowest BCUT2D eigenvalue weighted by atomic mass is 10.3. The van der Waals surface area contributed by atoms with Gasteiger partial charge in [-0.25, -0.2) is 0 Å². The van der Waals surface area contributed by atoms with Gasteiger partial charge < -0.3 is 4.90 Å². The smallest absolute Gasteiger partial charge is 0.0791 e. The first kappa shape index (κ1) is 9.95. The van der Waals surface area contributed by atoms with Crippen LogP contribution in [-0.4, -0.2) is 13.1 Å². The molecular weight excluding hydrogens is 182 g/mol. The molecule has 0 aliphatic heterocycles.